The molecule has 3 aromatic carbocycles. The van der Waals surface area contributed by atoms with Gasteiger partial charge in [0.05, 0.1) is 17.2 Å². The number of carbonyl (C=O) groups is 2. The van der Waals surface area contributed by atoms with Crippen LogP contribution in [0.1, 0.15) is 28.4 Å². The van der Waals surface area contributed by atoms with E-state index in [-0.39, 0.29) is 23.8 Å². The summed E-state index contributed by atoms with van der Waals surface area (Å²) in [6, 6.07) is 20.6. The highest BCUT2D eigenvalue weighted by molar-refractivity contribution is 6.36. The average Bonchev–Trinajstić information content (AvgIpc) is 2.83. The molecule has 0 spiro atoms. The first kappa shape index (κ1) is 24.8. The largest absolute Gasteiger partial charge is 0.487 e. The molecule has 0 aliphatic rings. The second-order valence-corrected chi connectivity index (χ2v) is 7.85. The Hall–Kier alpha value is -3.79. The second kappa shape index (κ2) is 11.9. The quantitative estimate of drug-likeness (QED) is 0.225. The normalized spacial score (nSPS) is 10.8. The van der Waals surface area contributed by atoms with Crippen LogP contribution in [0, 0.1) is 11.3 Å². The Labute approximate surface area is 207 Å². The minimum absolute atomic E-state index is 0.183. The molecule has 0 aliphatic carbocycles. The van der Waals surface area contributed by atoms with Crippen molar-refractivity contribution in [2.75, 3.05) is 11.9 Å². The molecule has 8 heteroatoms. The fraction of sp³-hybridized carbons (Fsp3) is 0.115. The maximum atomic E-state index is 12.7. The van der Waals surface area contributed by atoms with Gasteiger partial charge in [0.1, 0.15) is 24.0 Å². The number of ether oxygens (including phenoxy) is 2. The van der Waals surface area contributed by atoms with Crippen molar-refractivity contribution in [2.45, 2.75) is 13.5 Å². The van der Waals surface area contributed by atoms with E-state index in [1.54, 1.807) is 25.1 Å². The van der Waals surface area contributed by atoms with E-state index >= 15 is 0 Å². The van der Waals surface area contributed by atoms with Crippen molar-refractivity contribution in [3.63, 3.8) is 0 Å². The summed E-state index contributed by atoms with van der Waals surface area (Å²) < 4.78 is 10.8. The number of hydrogen-bond acceptors (Lipinski definition) is 5. The molecule has 1 N–H and O–H groups in total. The van der Waals surface area contributed by atoms with Gasteiger partial charge >= 0.3 is 5.97 Å². The van der Waals surface area contributed by atoms with Gasteiger partial charge in [0, 0.05) is 16.3 Å². The van der Waals surface area contributed by atoms with Gasteiger partial charge in [-0.3, -0.25) is 4.79 Å². The highest BCUT2D eigenvalue weighted by atomic mass is 35.5. The molecule has 1 amide bonds. The van der Waals surface area contributed by atoms with E-state index in [4.69, 9.17) is 32.7 Å². The maximum absolute atomic E-state index is 12.7. The zero-order valence-electron chi connectivity index (χ0n) is 18.2. The topological polar surface area (TPSA) is 88.4 Å². The number of halogens is 2. The Kier molecular flexibility index (Phi) is 8.69. The van der Waals surface area contributed by atoms with E-state index in [1.807, 2.05) is 36.4 Å². The van der Waals surface area contributed by atoms with Crippen molar-refractivity contribution in [2.24, 2.45) is 0 Å². The molecule has 6 nitrogen and oxygen atoms in total. The van der Waals surface area contributed by atoms with Gasteiger partial charge in [0.2, 0.25) is 0 Å². The SMILES string of the molecule is CCOC(=O)c1ccc(NC(=O)/C(C#N)=C/c2cc(Cl)cc(Cl)c2OCc2ccccc2)cc1. The summed E-state index contributed by atoms with van der Waals surface area (Å²) in [4.78, 5) is 24.5. The number of anilines is 1. The van der Waals surface area contributed by atoms with Crippen LogP contribution in [0.2, 0.25) is 10.0 Å². The third-order valence-electron chi connectivity index (χ3n) is 4.58. The summed E-state index contributed by atoms with van der Waals surface area (Å²) in [5.74, 6) is -0.801. The Morgan fingerprint density at radius 3 is 2.41 bits per heavy atom. The minimum atomic E-state index is -0.642. The van der Waals surface area contributed by atoms with Crippen LogP contribution in [0.4, 0.5) is 5.69 Å². The molecule has 172 valence electrons. The van der Waals surface area contributed by atoms with Crippen molar-refractivity contribution < 1.29 is 19.1 Å². The van der Waals surface area contributed by atoms with E-state index in [2.05, 4.69) is 5.32 Å². The van der Waals surface area contributed by atoms with E-state index in [0.29, 0.717) is 27.6 Å². The van der Waals surface area contributed by atoms with Gasteiger partial charge in [-0.05, 0) is 55.0 Å². The smallest absolute Gasteiger partial charge is 0.338 e. The number of benzene rings is 3. The van der Waals surface area contributed by atoms with Crippen LogP contribution < -0.4 is 10.1 Å². The van der Waals surface area contributed by atoms with E-state index in [0.717, 1.165) is 5.56 Å². The molecule has 0 unspecified atom stereocenters. The van der Waals surface area contributed by atoms with E-state index < -0.39 is 11.9 Å². The first-order chi connectivity index (χ1) is 16.4. The van der Waals surface area contributed by atoms with Crippen LogP contribution in [-0.2, 0) is 16.1 Å². The van der Waals surface area contributed by atoms with Crippen molar-refractivity contribution >= 4 is 46.8 Å². The van der Waals surface area contributed by atoms with E-state index in [1.165, 1.54) is 24.3 Å². The Morgan fingerprint density at radius 2 is 1.76 bits per heavy atom. The van der Waals surface area contributed by atoms with Crippen molar-refractivity contribution in [1.82, 2.24) is 0 Å². The van der Waals surface area contributed by atoms with Crippen LogP contribution in [0.5, 0.6) is 5.75 Å². The average molecular weight is 495 g/mol. The summed E-state index contributed by atoms with van der Waals surface area (Å²) in [6.45, 7) is 2.22. The van der Waals surface area contributed by atoms with E-state index in [9.17, 15) is 14.9 Å². The molecule has 34 heavy (non-hydrogen) atoms. The number of nitriles is 1. The molecular formula is C26H20Cl2N2O4. The van der Waals surface area contributed by atoms with Crippen LogP contribution in [0.15, 0.2) is 72.3 Å². The molecule has 0 fully saturated rings. The van der Waals surface area contributed by atoms with Crippen molar-refractivity contribution in [3.05, 3.63) is 99.0 Å². The fourth-order valence-electron chi connectivity index (χ4n) is 2.98. The molecule has 0 saturated heterocycles. The highest BCUT2D eigenvalue weighted by Crippen LogP contribution is 2.34. The van der Waals surface area contributed by atoms with Gasteiger partial charge in [0.15, 0.2) is 0 Å². The van der Waals surface area contributed by atoms with Crippen molar-refractivity contribution in [1.29, 1.82) is 5.26 Å². The van der Waals surface area contributed by atoms with Gasteiger partial charge < -0.3 is 14.8 Å². The number of nitrogens with one attached hydrogen (secondary N) is 1. The standard InChI is InChI=1S/C26H20Cl2N2O4/c1-2-33-26(32)18-8-10-22(11-9-18)30-25(31)20(15-29)12-19-13-21(27)14-23(28)24(19)34-16-17-6-4-3-5-7-17/h3-14H,2,16H2,1H3,(H,30,31)/b20-12+. The lowest BCUT2D eigenvalue weighted by Crippen LogP contribution is -2.14. The molecule has 3 rings (SSSR count). The number of esters is 1. The Balaban J connectivity index is 1.81. The lowest BCUT2D eigenvalue weighted by molar-refractivity contribution is -0.112. The first-order valence-corrected chi connectivity index (χ1v) is 11.0. The third-order valence-corrected chi connectivity index (χ3v) is 5.08. The van der Waals surface area contributed by atoms with Crippen LogP contribution in [-0.4, -0.2) is 18.5 Å². The van der Waals surface area contributed by atoms with Crippen LogP contribution >= 0.6 is 23.2 Å². The lowest BCUT2D eigenvalue weighted by atomic mass is 10.1. The zero-order chi connectivity index (χ0) is 24.5. The summed E-state index contributed by atoms with van der Waals surface area (Å²) in [6.07, 6.45) is 1.36. The molecule has 3 aromatic rings. The lowest BCUT2D eigenvalue weighted by Gasteiger charge is -2.13. The predicted molar refractivity (Wildman–Crippen MR) is 132 cm³/mol. The van der Waals surface area contributed by atoms with Gasteiger partial charge in [0.25, 0.3) is 5.91 Å². The highest BCUT2D eigenvalue weighted by Gasteiger charge is 2.15. The molecule has 0 bridgehead atoms. The molecule has 0 aromatic heterocycles. The molecule has 0 heterocycles. The van der Waals surface area contributed by atoms with Gasteiger partial charge in [-0.1, -0.05) is 53.5 Å². The molecule has 0 radical (unpaired) electrons. The molecular weight excluding hydrogens is 475 g/mol. The summed E-state index contributed by atoms with van der Waals surface area (Å²) in [5, 5.41) is 12.8. The monoisotopic (exact) mass is 494 g/mol. The van der Waals surface area contributed by atoms with Crippen molar-refractivity contribution in [3.8, 4) is 11.8 Å². The van der Waals surface area contributed by atoms with Gasteiger partial charge in [-0.15, -0.1) is 0 Å². The number of hydrogen-bond donors (Lipinski definition) is 1. The van der Waals surface area contributed by atoms with Gasteiger partial charge in [-0.25, -0.2) is 4.79 Å². The number of nitrogens with zero attached hydrogens (tertiary/aromatic N) is 1. The summed E-state index contributed by atoms with van der Waals surface area (Å²) >= 11 is 12.5. The Bertz CT molecular complexity index is 1250. The number of amides is 1. The molecule has 0 atom stereocenters. The van der Waals surface area contributed by atoms with Gasteiger partial charge in [-0.2, -0.15) is 5.26 Å². The van der Waals surface area contributed by atoms with Crippen LogP contribution in [0.3, 0.4) is 0 Å². The zero-order valence-corrected chi connectivity index (χ0v) is 19.7. The summed E-state index contributed by atoms with van der Waals surface area (Å²) in [5.41, 5.74) is 1.89. The van der Waals surface area contributed by atoms with Crippen LogP contribution in [0.25, 0.3) is 6.08 Å². The summed E-state index contributed by atoms with van der Waals surface area (Å²) in [7, 11) is 0. The first-order valence-electron chi connectivity index (χ1n) is 10.3. The maximum Gasteiger partial charge on any atom is 0.338 e. The number of carbonyl (C=O) groups excluding carboxylic acids is 2. The fourth-order valence-corrected chi connectivity index (χ4v) is 3.54. The molecule has 0 aliphatic heterocycles. The molecule has 0 saturated carbocycles. The second-order valence-electron chi connectivity index (χ2n) is 7.00. The number of rotatable bonds is 8. The predicted octanol–water partition coefficient (Wildman–Crippen LogP) is 6.29. The third kappa shape index (κ3) is 6.61. The minimum Gasteiger partial charge on any atom is -0.487 e. The Morgan fingerprint density at radius 1 is 1.06 bits per heavy atom.